The van der Waals surface area contributed by atoms with Crippen LogP contribution in [0, 0.1) is 33.1 Å². The van der Waals surface area contributed by atoms with Crippen LogP contribution in [0.5, 0.6) is 0 Å². The third-order valence-corrected chi connectivity index (χ3v) is 2.93. The molecule has 0 aliphatic rings. The summed E-state index contributed by atoms with van der Waals surface area (Å²) in [4.78, 5) is 0. The molecular formula is C14H21NO. The molecule has 1 N–H and O–H groups in total. The van der Waals surface area contributed by atoms with Crippen molar-refractivity contribution >= 4 is 0 Å². The number of hydrogen-bond donors (Lipinski definition) is 1. The molecule has 0 aromatic carbocycles. The first kappa shape index (κ1) is 12.9. The first-order valence-corrected chi connectivity index (χ1v) is 5.85. The molecule has 1 aromatic heterocycles. The zero-order valence-corrected chi connectivity index (χ0v) is 10.7. The minimum Gasteiger partial charge on any atom is -0.466 e. The third-order valence-electron chi connectivity index (χ3n) is 2.93. The van der Waals surface area contributed by atoms with E-state index in [-0.39, 0.29) is 6.04 Å². The molecule has 1 atom stereocenters. The Balaban J connectivity index is 2.96. The summed E-state index contributed by atoms with van der Waals surface area (Å²) in [6, 6.07) is 0.224. The molecule has 0 saturated carbocycles. The molecule has 88 valence electrons. The molecule has 1 unspecified atom stereocenters. The molecule has 16 heavy (non-hydrogen) atoms. The van der Waals surface area contributed by atoms with Crippen molar-refractivity contribution in [3.63, 3.8) is 0 Å². The number of nitrogens with one attached hydrogen (secondary N) is 1. The van der Waals surface area contributed by atoms with Crippen molar-refractivity contribution in [1.82, 2.24) is 5.32 Å². The van der Waals surface area contributed by atoms with E-state index >= 15 is 0 Å². The second-order valence-electron chi connectivity index (χ2n) is 4.17. The lowest BCUT2D eigenvalue weighted by molar-refractivity contribution is 0.484. The molecule has 0 spiro atoms. The summed E-state index contributed by atoms with van der Waals surface area (Å²) in [5.74, 6) is 4.71. The minimum atomic E-state index is 0.224. The van der Waals surface area contributed by atoms with Crippen molar-refractivity contribution in [2.24, 2.45) is 0 Å². The fourth-order valence-corrected chi connectivity index (χ4v) is 2.03. The van der Waals surface area contributed by atoms with Gasteiger partial charge in [-0.05, 0) is 39.3 Å². The van der Waals surface area contributed by atoms with Gasteiger partial charge in [0.05, 0.1) is 0 Å². The molecule has 1 heterocycles. The van der Waals surface area contributed by atoms with Crippen LogP contribution in [0.25, 0.3) is 0 Å². The van der Waals surface area contributed by atoms with Crippen molar-refractivity contribution in [3.8, 4) is 12.3 Å². The standard InChI is InChI=1S/C14H21NO/c1-6-8-13(15-9-7-2)14-10(3)11(4)16-12(14)5/h1,13,15H,7-9H2,2-5H3. The topological polar surface area (TPSA) is 25.2 Å². The summed E-state index contributed by atoms with van der Waals surface area (Å²) >= 11 is 0. The summed E-state index contributed by atoms with van der Waals surface area (Å²) in [5.41, 5.74) is 2.46. The Bertz CT molecular complexity index is 384. The van der Waals surface area contributed by atoms with E-state index < -0.39 is 0 Å². The van der Waals surface area contributed by atoms with Gasteiger partial charge >= 0.3 is 0 Å². The molecule has 0 bridgehead atoms. The van der Waals surface area contributed by atoms with Gasteiger partial charge in [0.15, 0.2) is 0 Å². The monoisotopic (exact) mass is 219 g/mol. The Labute approximate surface area is 98.4 Å². The lowest BCUT2D eigenvalue weighted by Gasteiger charge is -2.16. The maximum atomic E-state index is 5.64. The van der Waals surface area contributed by atoms with Crippen LogP contribution in [-0.4, -0.2) is 6.54 Å². The molecule has 1 rings (SSSR count). The zero-order chi connectivity index (χ0) is 12.1. The quantitative estimate of drug-likeness (QED) is 0.769. The highest BCUT2D eigenvalue weighted by Crippen LogP contribution is 2.28. The summed E-state index contributed by atoms with van der Waals surface area (Å²) in [5, 5.41) is 3.48. The number of terminal acetylenes is 1. The highest BCUT2D eigenvalue weighted by molar-refractivity contribution is 5.34. The van der Waals surface area contributed by atoms with Crippen LogP contribution in [0.2, 0.25) is 0 Å². The molecule has 0 saturated heterocycles. The summed E-state index contributed by atoms with van der Waals surface area (Å²) < 4.78 is 5.64. The van der Waals surface area contributed by atoms with Gasteiger partial charge < -0.3 is 9.73 Å². The summed E-state index contributed by atoms with van der Waals surface area (Å²) in [6.45, 7) is 9.24. The molecule has 0 fully saturated rings. The van der Waals surface area contributed by atoms with Crippen LogP contribution in [0.3, 0.4) is 0 Å². The van der Waals surface area contributed by atoms with E-state index in [4.69, 9.17) is 10.8 Å². The Kier molecular flexibility index (Phi) is 4.64. The van der Waals surface area contributed by atoms with Crippen LogP contribution in [0.1, 0.15) is 48.5 Å². The average Bonchev–Trinajstić information content (AvgIpc) is 2.49. The van der Waals surface area contributed by atoms with Crippen LogP contribution in [-0.2, 0) is 0 Å². The van der Waals surface area contributed by atoms with Gasteiger partial charge in [-0.15, -0.1) is 12.3 Å². The largest absolute Gasteiger partial charge is 0.466 e. The van der Waals surface area contributed by atoms with E-state index in [2.05, 4.69) is 25.1 Å². The normalized spacial score (nSPS) is 12.4. The molecule has 0 aliphatic carbocycles. The van der Waals surface area contributed by atoms with E-state index in [0.717, 1.165) is 24.5 Å². The van der Waals surface area contributed by atoms with Gasteiger partial charge in [-0.1, -0.05) is 6.92 Å². The highest BCUT2D eigenvalue weighted by atomic mass is 16.3. The zero-order valence-electron chi connectivity index (χ0n) is 10.7. The molecular weight excluding hydrogens is 198 g/mol. The SMILES string of the molecule is C#CCC(NCCC)c1c(C)oc(C)c1C. The van der Waals surface area contributed by atoms with Gasteiger partial charge in [0, 0.05) is 18.0 Å². The van der Waals surface area contributed by atoms with Crippen molar-refractivity contribution in [3.05, 3.63) is 22.6 Å². The van der Waals surface area contributed by atoms with Crippen molar-refractivity contribution < 1.29 is 4.42 Å². The lowest BCUT2D eigenvalue weighted by atomic mass is 9.99. The van der Waals surface area contributed by atoms with Crippen LogP contribution in [0.15, 0.2) is 4.42 Å². The Morgan fingerprint density at radius 2 is 2.00 bits per heavy atom. The Morgan fingerprint density at radius 1 is 1.31 bits per heavy atom. The maximum Gasteiger partial charge on any atom is 0.106 e. The number of hydrogen-bond acceptors (Lipinski definition) is 2. The average molecular weight is 219 g/mol. The van der Waals surface area contributed by atoms with E-state index in [0.29, 0.717) is 6.42 Å². The van der Waals surface area contributed by atoms with E-state index in [1.54, 1.807) is 0 Å². The summed E-state index contributed by atoms with van der Waals surface area (Å²) in [7, 11) is 0. The van der Waals surface area contributed by atoms with E-state index in [1.165, 1.54) is 11.1 Å². The summed E-state index contributed by atoms with van der Waals surface area (Å²) in [6.07, 6.45) is 7.24. The molecule has 0 aliphatic heterocycles. The predicted octanol–water partition coefficient (Wildman–Crippen LogP) is 3.27. The molecule has 0 radical (unpaired) electrons. The maximum absolute atomic E-state index is 5.64. The van der Waals surface area contributed by atoms with Crippen LogP contribution in [0.4, 0.5) is 0 Å². The van der Waals surface area contributed by atoms with E-state index in [1.807, 2.05) is 13.8 Å². The second kappa shape index (κ2) is 5.77. The van der Waals surface area contributed by atoms with E-state index in [9.17, 15) is 0 Å². The van der Waals surface area contributed by atoms with Crippen LogP contribution >= 0.6 is 0 Å². The molecule has 2 heteroatoms. The van der Waals surface area contributed by atoms with Crippen LogP contribution < -0.4 is 5.32 Å². The van der Waals surface area contributed by atoms with Gasteiger partial charge in [0.1, 0.15) is 11.5 Å². The van der Waals surface area contributed by atoms with Crippen molar-refractivity contribution in [1.29, 1.82) is 0 Å². The number of furan rings is 1. The minimum absolute atomic E-state index is 0.224. The molecule has 2 nitrogen and oxygen atoms in total. The fraction of sp³-hybridized carbons (Fsp3) is 0.571. The fourth-order valence-electron chi connectivity index (χ4n) is 2.03. The van der Waals surface area contributed by atoms with Gasteiger partial charge in [0.25, 0.3) is 0 Å². The molecule has 0 amide bonds. The second-order valence-corrected chi connectivity index (χ2v) is 4.17. The van der Waals surface area contributed by atoms with Crippen molar-refractivity contribution in [2.75, 3.05) is 6.54 Å². The number of rotatable bonds is 5. The first-order valence-electron chi connectivity index (χ1n) is 5.85. The van der Waals surface area contributed by atoms with Gasteiger partial charge in [-0.3, -0.25) is 0 Å². The first-order chi connectivity index (χ1) is 7.61. The molecule has 1 aromatic rings. The van der Waals surface area contributed by atoms with Crippen molar-refractivity contribution in [2.45, 2.75) is 46.6 Å². The lowest BCUT2D eigenvalue weighted by Crippen LogP contribution is -2.22. The predicted molar refractivity (Wildman–Crippen MR) is 67.4 cm³/mol. The van der Waals surface area contributed by atoms with Gasteiger partial charge in [0.2, 0.25) is 0 Å². The Hall–Kier alpha value is -1.20. The van der Waals surface area contributed by atoms with Gasteiger partial charge in [-0.25, -0.2) is 0 Å². The highest BCUT2D eigenvalue weighted by Gasteiger charge is 2.19. The third kappa shape index (κ3) is 2.68. The Morgan fingerprint density at radius 3 is 2.44 bits per heavy atom. The van der Waals surface area contributed by atoms with Gasteiger partial charge in [-0.2, -0.15) is 0 Å². The smallest absolute Gasteiger partial charge is 0.106 e. The number of aryl methyl sites for hydroxylation is 2.